The number of amides is 1. The minimum Gasteiger partial charge on any atom is -0.495 e. The Morgan fingerprint density at radius 2 is 1.75 bits per heavy atom. The highest BCUT2D eigenvalue weighted by atomic mass is 32.2. The molecule has 1 amide bonds. The number of nitrogens with zero attached hydrogens (tertiary/aromatic N) is 1. The van der Waals surface area contributed by atoms with Gasteiger partial charge in [0.1, 0.15) is 10.6 Å². The molecule has 0 atom stereocenters. The Hall–Kier alpha value is -2.38. The minimum absolute atomic E-state index is 0.0329. The van der Waals surface area contributed by atoms with Gasteiger partial charge in [0.05, 0.1) is 7.11 Å². The van der Waals surface area contributed by atoms with Crippen LogP contribution in [0.15, 0.2) is 41.3 Å². The van der Waals surface area contributed by atoms with Crippen LogP contribution in [0.1, 0.15) is 40.7 Å². The molecule has 1 saturated heterocycles. The van der Waals surface area contributed by atoms with Crippen molar-refractivity contribution >= 4 is 21.6 Å². The molecule has 0 aromatic heterocycles. The predicted octanol–water partition coefficient (Wildman–Crippen LogP) is 3.74. The summed E-state index contributed by atoms with van der Waals surface area (Å²) in [5.74, 6) is -0.111. The van der Waals surface area contributed by atoms with Crippen LogP contribution in [0.4, 0.5) is 5.69 Å². The molecule has 0 unspecified atom stereocenters. The Kier molecular flexibility index (Phi) is 6.05. The summed E-state index contributed by atoms with van der Waals surface area (Å²) in [6.45, 7) is 4.84. The largest absolute Gasteiger partial charge is 0.495 e. The summed E-state index contributed by atoms with van der Waals surface area (Å²) in [7, 11) is -2.29. The number of hydrogen-bond acceptors (Lipinski definition) is 4. The van der Waals surface area contributed by atoms with E-state index >= 15 is 0 Å². The van der Waals surface area contributed by atoms with E-state index in [2.05, 4.69) is 5.32 Å². The van der Waals surface area contributed by atoms with Crippen molar-refractivity contribution in [2.24, 2.45) is 0 Å². The summed E-state index contributed by atoms with van der Waals surface area (Å²) < 4.78 is 33.0. The molecule has 1 heterocycles. The standard InChI is InChI=1S/C21H26N2O4S/c1-15-7-8-16(2)18(13-15)22-21(24)17-9-10-19(27-3)20(14-17)28(25,26)23-11-5-4-6-12-23/h7-10,13-14H,4-6,11-12H2,1-3H3,(H,22,24). The first-order valence-electron chi connectivity index (χ1n) is 9.40. The lowest BCUT2D eigenvalue weighted by atomic mass is 10.1. The highest BCUT2D eigenvalue weighted by Gasteiger charge is 2.29. The lowest BCUT2D eigenvalue weighted by molar-refractivity contribution is 0.102. The van der Waals surface area contributed by atoms with Crippen LogP contribution < -0.4 is 10.1 Å². The third-order valence-electron chi connectivity index (χ3n) is 5.00. The molecule has 0 radical (unpaired) electrons. The van der Waals surface area contributed by atoms with E-state index in [1.54, 1.807) is 6.07 Å². The molecule has 3 rings (SSSR count). The topological polar surface area (TPSA) is 75.7 Å². The Labute approximate surface area is 166 Å². The van der Waals surface area contributed by atoms with Gasteiger partial charge < -0.3 is 10.1 Å². The Morgan fingerprint density at radius 3 is 2.43 bits per heavy atom. The molecule has 0 spiro atoms. The van der Waals surface area contributed by atoms with Gasteiger partial charge in [-0.3, -0.25) is 4.79 Å². The Bertz CT molecular complexity index is 980. The number of nitrogens with one attached hydrogen (secondary N) is 1. The molecular weight excluding hydrogens is 376 g/mol. The number of methoxy groups -OCH3 is 1. The molecule has 2 aromatic rings. The smallest absolute Gasteiger partial charge is 0.255 e. The van der Waals surface area contributed by atoms with Gasteiger partial charge in [-0.1, -0.05) is 18.6 Å². The van der Waals surface area contributed by atoms with Gasteiger partial charge in [-0.15, -0.1) is 0 Å². The average Bonchev–Trinajstić information content (AvgIpc) is 2.70. The fourth-order valence-corrected chi connectivity index (χ4v) is 5.03. The van der Waals surface area contributed by atoms with Crippen molar-refractivity contribution in [3.8, 4) is 5.75 Å². The molecule has 0 bridgehead atoms. The zero-order chi connectivity index (χ0) is 20.3. The fourth-order valence-electron chi connectivity index (χ4n) is 3.33. The third-order valence-corrected chi connectivity index (χ3v) is 6.92. The van der Waals surface area contributed by atoms with Crippen LogP contribution in [0.5, 0.6) is 5.75 Å². The van der Waals surface area contributed by atoms with Gasteiger partial charge >= 0.3 is 0 Å². The van der Waals surface area contributed by atoms with Gasteiger partial charge in [-0.25, -0.2) is 8.42 Å². The minimum atomic E-state index is -3.72. The van der Waals surface area contributed by atoms with Gasteiger partial charge in [-0.2, -0.15) is 4.31 Å². The van der Waals surface area contributed by atoms with Crippen molar-refractivity contribution in [1.82, 2.24) is 4.31 Å². The van der Waals surface area contributed by atoms with E-state index in [0.29, 0.717) is 18.8 Å². The van der Waals surface area contributed by atoms with Crippen LogP contribution in [0.3, 0.4) is 0 Å². The van der Waals surface area contributed by atoms with Gasteiger partial charge in [0.2, 0.25) is 10.0 Å². The number of hydrogen-bond donors (Lipinski definition) is 1. The van der Waals surface area contributed by atoms with Gasteiger partial charge in [0, 0.05) is 24.3 Å². The van der Waals surface area contributed by atoms with Crippen LogP contribution in [0.25, 0.3) is 0 Å². The van der Waals surface area contributed by atoms with Crippen molar-refractivity contribution in [3.63, 3.8) is 0 Å². The predicted molar refractivity (Wildman–Crippen MR) is 109 cm³/mol. The van der Waals surface area contributed by atoms with Crippen LogP contribution in [-0.4, -0.2) is 38.8 Å². The van der Waals surface area contributed by atoms with Gasteiger partial charge in [0.25, 0.3) is 5.91 Å². The number of ether oxygens (including phenoxy) is 1. The molecule has 6 nitrogen and oxygen atoms in total. The molecule has 150 valence electrons. The highest BCUT2D eigenvalue weighted by Crippen LogP contribution is 2.30. The summed E-state index contributed by atoms with van der Waals surface area (Å²) in [5.41, 5.74) is 2.95. The molecule has 0 aliphatic carbocycles. The molecule has 1 aliphatic heterocycles. The number of piperidine rings is 1. The molecule has 1 aliphatic rings. The Balaban J connectivity index is 1.94. The maximum Gasteiger partial charge on any atom is 0.255 e. The van der Waals surface area contributed by atoms with E-state index in [1.165, 1.54) is 23.5 Å². The summed E-state index contributed by atoms with van der Waals surface area (Å²) in [6.07, 6.45) is 2.71. The van der Waals surface area contributed by atoms with Crippen molar-refractivity contribution in [1.29, 1.82) is 0 Å². The molecule has 1 N–H and O–H groups in total. The van der Waals surface area contributed by atoms with E-state index in [9.17, 15) is 13.2 Å². The van der Waals surface area contributed by atoms with Crippen molar-refractivity contribution in [2.75, 3.05) is 25.5 Å². The molecule has 7 heteroatoms. The normalized spacial score (nSPS) is 15.2. The van der Waals surface area contributed by atoms with E-state index < -0.39 is 10.0 Å². The first-order valence-corrected chi connectivity index (χ1v) is 10.8. The highest BCUT2D eigenvalue weighted by molar-refractivity contribution is 7.89. The SMILES string of the molecule is COc1ccc(C(=O)Nc2cc(C)ccc2C)cc1S(=O)(=O)N1CCCCC1. The van der Waals surface area contributed by atoms with Gasteiger partial charge in [-0.05, 0) is 62.1 Å². The van der Waals surface area contributed by atoms with Crippen molar-refractivity contribution < 1.29 is 17.9 Å². The number of carbonyl (C=O) groups is 1. The third kappa shape index (κ3) is 4.20. The second kappa shape index (κ2) is 8.32. The van der Waals surface area contributed by atoms with Crippen LogP contribution >= 0.6 is 0 Å². The van der Waals surface area contributed by atoms with Crippen molar-refractivity contribution in [3.05, 3.63) is 53.1 Å². The van der Waals surface area contributed by atoms with Crippen LogP contribution in [0, 0.1) is 13.8 Å². The van der Waals surface area contributed by atoms with E-state index in [4.69, 9.17) is 4.74 Å². The number of benzene rings is 2. The second-order valence-electron chi connectivity index (χ2n) is 7.10. The number of aryl methyl sites for hydroxylation is 2. The van der Waals surface area contributed by atoms with Crippen molar-refractivity contribution in [2.45, 2.75) is 38.0 Å². The molecule has 2 aromatic carbocycles. The van der Waals surface area contributed by atoms with E-state index in [0.717, 1.165) is 30.4 Å². The first-order chi connectivity index (χ1) is 13.3. The Morgan fingerprint density at radius 1 is 1.04 bits per heavy atom. The quantitative estimate of drug-likeness (QED) is 0.827. The maximum atomic E-state index is 13.1. The zero-order valence-corrected chi connectivity index (χ0v) is 17.3. The fraction of sp³-hybridized carbons (Fsp3) is 0.381. The molecule has 0 saturated carbocycles. The number of sulfonamides is 1. The van der Waals surface area contributed by atoms with Gasteiger partial charge in [0.15, 0.2) is 0 Å². The van der Waals surface area contributed by atoms with Crippen LogP contribution in [0.2, 0.25) is 0 Å². The summed E-state index contributed by atoms with van der Waals surface area (Å²) >= 11 is 0. The number of anilines is 1. The molecular formula is C21H26N2O4S. The molecule has 28 heavy (non-hydrogen) atoms. The second-order valence-corrected chi connectivity index (χ2v) is 9.01. The average molecular weight is 403 g/mol. The maximum absolute atomic E-state index is 13.1. The lowest BCUT2D eigenvalue weighted by Crippen LogP contribution is -2.35. The monoisotopic (exact) mass is 402 g/mol. The summed E-state index contributed by atoms with van der Waals surface area (Å²) in [4.78, 5) is 12.8. The summed E-state index contributed by atoms with van der Waals surface area (Å²) in [5, 5.41) is 2.87. The molecule has 1 fully saturated rings. The van der Waals surface area contributed by atoms with E-state index in [1.807, 2.05) is 32.0 Å². The first kappa shape index (κ1) is 20.4. The van der Waals surface area contributed by atoms with Crippen LogP contribution in [-0.2, 0) is 10.0 Å². The van der Waals surface area contributed by atoms with E-state index in [-0.39, 0.29) is 22.1 Å². The number of rotatable bonds is 5. The zero-order valence-electron chi connectivity index (χ0n) is 16.5. The summed E-state index contributed by atoms with van der Waals surface area (Å²) in [6, 6.07) is 10.3. The lowest BCUT2D eigenvalue weighted by Gasteiger charge is -2.26. The number of carbonyl (C=O) groups excluding carboxylic acids is 1.